The van der Waals surface area contributed by atoms with Crippen molar-refractivity contribution >= 4 is 10.0 Å². The first kappa shape index (κ1) is 17.2. The summed E-state index contributed by atoms with van der Waals surface area (Å²) in [5.74, 6) is 0.306. The Morgan fingerprint density at radius 3 is 2.40 bits per heavy atom. The van der Waals surface area contributed by atoms with Crippen molar-refractivity contribution in [3.63, 3.8) is 0 Å². The van der Waals surface area contributed by atoms with Gasteiger partial charge in [0, 0.05) is 45.1 Å². The van der Waals surface area contributed by atoms with E-state index in [2.05, 4.69) is 19.2 Å². The largest absolute Gasteiger partial charge is 0.352 e. The van der Waals surface area contributed by atoms with Crippen molar-refractivity contribution in [3.05, 3.63) is 18.0 Å². The number of aromatic nitrogens is 1. The average molecular weight is 301 g/mol. The van der Waals surface area contributed by atoms with Crippen LogP contribution in [0.15, 0.2) is 17.2 Å². The van der Waals surface area contributed by atoms with E-state index in [0.29, 0.717) is 29.9 Å². The fraction of sp³-hybridized carbons (Fsp3) is 0.714. The molecule has 0 atom stereocenters. The second kappa shape index (κ2) is 6.74. The van der Waals surface area contributed by atoms with Gasteiger partial charge >= 0.3 is 0 Å². The zero-order valence-electron chi connectivity index (χ0n) is 13.3. The van der Waals surface area contributed by atoms with Gasteiger partial charge in [0.05, 0.1) is 0 Å². The van der Waals surface area contributed by atoms with Gasteiger partial charge in [-0.2, -0.15) is 0 Å². The topological polar surface area (TPSA) is 54.3 Å². The first-order chi connectivity index (χ1) is 9.14. The number of hydrogen-bond donors (Lipinski definition) is 1. The van der Waals surface area contributed by atoms with E-state index in [1.165, 1.54) is 4.31 Å². The lowest BCUT2D eigenvalue weighted by Crippen LogP contribution is -2.30. The number of hydrogen-bond acceptors (Lipinski definition) is 3. The summed E-state index contributed by atoms with van der Waals surface area (Å²) in [7, 11) is 0.118. The second-order valence-corrected chi connectivity index (χ2v) is 8.04. The summed E-state index contributed by atoms with van der Waals surface area (Å²) in [6.45, 7) is 9.34. The highest BCUT2D eigenvalue weighted by molar-refractivity contribution is 7.89. The summed E-state index contributed by atoms with van der Waals surface area (Å²) in [4.78, 5) is 0.365. The summed E-state index contributed by atoms with van der Waals surface area (Å²) >= 11 is 0. The predicted molar refractivity (Wildman–Crippen MR) is 82.0 cm³/mol. The maximum Gasteiger partial charge on any atom is 0.244 e. The number of nitrogens with zero attached hydrogens (tertiary/aromatic N) is 2. The molecular weight excluding hydrogens is 274 g/mol. The van der Waals surface area contributed by atoms with Gasteiger partial charge in [0.1, 0.15) is 4.90 Å². The molecular formula is C14H27N3O2S. The number of sulfonamides is 1. The Kier molecular flexibility index (Phi) is 5.79. The van der Waals surface area contributed by atoms with Crippen molar-refractivity contribution in [2.24, 2.45) is 13.0 Å². The van der Waals surface area contributed by atoms with Crippen LogP contribution in [0.5, 0.6) is 0 Å². The molecule has 0 aromatic carbocycles. The van der Waals surface area contributed by atoms with Crippen LogP contribution < -0.4 is 5.32 Å². The summed E-state index contributed by atoms with van der Waals surface area (Å²) in [6, 6.07) is 2.12. The third kappa shape index (κ3) is 4.33. The minimum Gasteiger partial charge on any atom is -0.352 e. The van der Waals surface area contributed by atoms with Gasteiger partial charge < -0.3 is 9.88 Å². The number of aryl methyl sites for hydroxylation is 1. The summed E-state index contributed by atoms with van der Waals surface area (Å²) in [6.07, 6.45) is 1.68. The fourth-order valence-electron chi connectivity index (χ4n) is 1.99. The molecule has 0 spiro atoms. The van der Waals surface area contributed by atoms with E-state index in [0.717, 1.165) is 5.69 Å². The normalized spacial score (nSPS) is 12.8. The third-order valence-electron chi connectivity index (χ3n) is 3.10. The lowest BCUT2D eigenvalue weighted by Gasteiger charge is -2.18. The van der Waals surface area contributed by atoms with Crippen LogP contribution in [0.2, 0.25) is 0 Å². The monoisotopic (exact) mass is 301 g/mol. The minimum absolute atomic E-state index is 0.306. The molecule has 0 saturated carbocycles. The lowest BCUT2D eigenvalue weighted by atomic mass is 10.2. The van der Waals surface area contributed by atoms with Crippen LogP contribution in [0.3, 0.4) is 0 Å². The summed E-state index contributed by atoms with van der Waals surface area (Å²) < 4.78 is 28.2. The van der Waals surface area contributed by atoms with Gasteiger partial charge in [-0.3, -0.25) is 0 Å². The van der Waals surface area contributed by atoms with Crippen molar-refractivity contribution in [1.82, 2.24) is 14.2 Å². The van der Waals surface area contributed by atoms with E-state index < -0.39 is 10.0 Å². The van der Waals surface area contributed by atoms with E-state index in [1.807, 2.05) is 25.5 Å². The second-order valence-electron chi connectivity index (χ2n) is 5.99. The van der Waals surface area contributed by atoms with Crippen molar-refractivity contribution in [1.29, 1.82) is 0 Å². The van der Waals surface area contributed by atoms with Crippen LogP contribution >= 0.6 is 0 Å². The van der Waals surface area contributed by atoms with Crippen LogP contribution in [-0.4, -0.2) is 36.9 Å². The predicted octanol–water partition coefficient (Wildman–Crippen LogP) is 1.80. The third-order valence-corrected chi connectivity index (χ3v) is 4.89. The first-order valence-corrected chi connectivity index (χ1v) is 8.43. The molecule has 0 saturated heterocycles. The molecule has 116 valence electrons. The van der Waals surface area contributed by atoms with Gasteiger partial charge in [-0.05, 0) is 12.0 Å². The molecule has 0 fully saturated rings. The Morgan fingerprint density at radius 2 is 1.90 bits per heavy atom. The highest BCUT2D eigenvalue weighted by Crippen LogP contribution is 2.18. The molecule has 0 bridgehead atoms. The van der Waals surface area contributed by atoms with Gasteiger partial charge in [0.25, 0.3) is 0 Å². The quantitative estimate of drug-likeness (QED) is 0.835. The van der Waals surface area contributed by atoms with Crippen molar-refractivity contribution < 1.29 is 8.42 Å². The Bertz CT molecular complexity index is 533. The first-order valence-electron chi connectivity index (χ1n) is 6.99. The molecule has 0 aliphatic heterocycles. The van der Waals surface area contributed by atoms with Gasteiger partial charge in [0.2, 0.25) is 10.0 Å². The molecule has 1 N–H and O–H groups in total. The summed E-state index contributed by atoms with van der Waals surface area (Å²) in [5, 5.41) is 3.30. The van der Waals surface area contributed by atoms with E-state index in [4.69, 9.17) is 0 Å². The zero-order chi connectivity index (χ0) is 15.5. The van der Waals surface area contributed by atoms with Crippen molar-refractivity contribution in [2.75, 3.05) is 13.6 Å². The van der Waals surface area contributed by atoms with Crippen LogP contribution in [0.25, 0.3) is 0 Å². The standard InChI is InChI=1S/C14H27N3O2S/c1-11(2)9-17(6)20(18,19)14-7-13(16(5)10-14)8-15-12(3)4/h7,10-12,15H,8-9H2,1-6H3. The maximum absolute atomic E-state index is 12.5. The van der Waals surface area contributed by atoms with Crippen LogP contribution in [0.4, 0.5) is 0 Å². The van der Waals surface area contributed by atoms with E-state index in [-0.39, 0.29) is 0 Å². The van der Waals surface area contributed by atoms with Gasteiger partial charge in [0.15, 0.2) is 0 Å². The molecule has 1 rings (SSSR count). The van der Waals surface area contributed by atoms with Gasteiger partial charge in [-0.25, -0.2) is 12.7 Å². The zero-order valence-corrected chi connectivity index (χ0v) is 14.2. The maximum atomic E-state index is 12.5. The number of nitrogens with one attached hydrogen (secondary N) is 1. The minimum atomic E-state index is -3.39. The lowest BCUT2D eigenvalue weighted by molar-refractivity contribution is 0.417. The molecule has 5 nitrogen and oxygen atoms in total. The molecule has 1 aromatic heterocycles. The number of rotatable bonds is 7. The molecule has 0 radical (unpaired) electrons. The van der Waals surface area contributed by atoms with Gasteiger partial charge in [-0.15, -0.1) is 0 Å². The van der Waals surface area contributed by atoms with E-state index in [9.17, 15) is 8.42 Å². The van der Waals surface area contributed by atoms with Crippen LogP contribution in [-0.2, 0) is 23.6 Å². The molecule has 20 heavy (non-hydrogen) atoms. The Morgan fingerprint density at radius 1 is 1.30 bits per heavy atom. The van der Waals surface area contributed by atoms with Crippen LogP contribution in [0, 0.1) is 5.92 Å². The molecule has 0 unspecified atom stereocenters. The SMILES string of the molecule is CC(C)CN(C)S(=O)(=O)c1cc(CNC(C)C)n(C)c1. The highest BCUT2D eigenvalue weighted by atomic mass is 32.2. The van der Waals surface area contributed by atoms with Gasteiger partial charge in [-0.1, -0.05) is 27.7 Å². The highest BCUT2D eigenvalue weighted by Gasteiger charge is 2.23. The van der Waals surface area contributed by atoms with Crippen molar-refractivity contribution in [3.8, 4) is 0 Å². The fourth-order valence-corrected chi connectivity index (χ4v) is 3.43. The van der Waals surface area contributed by atoms with Crippen molar-refractivity contribution in [2.45, 2.75) is 45.2 Å². The molecule has 0 amide bonds. The molecule has 1 heterocycles. The average Bonchev–Trinajstić information content (AvgIpc) is 2.67. The molecule has 1 aromatic rings. The summed E-state index contributed by atoms with van der Waals surface area (Å²) in [5.41, 5.74) is 0.968. The molecule has 0 aliphatic carbocycles. The molecule has 0 aliphatic rings. The van der Waals surface area contributed by atoms with Crippen LogP contribution in [0.1, 0.15) is 33.4 Å². The van der Waals surface area contributed by atoms with E-state index >= 15 is 0 Å². The Balaban J connectivity index is 2.94. The smallest absolute Gasteiger partial charge is 0.244 e. The Labute approximate surface area is 123 Å². The van der Waals surface area contributed by atoms with E-state index in [1.54, 1.807) is 19.3 Å². The molecule has 6 heteroatoms. The Hall–Kier alpha value is -0.850.